The van der Waals surface area contributed by atoms with Gasteiger partial charge in [0.25, 0.3) is 5.91 Å². The highest BCUT2D eigenvalue weighted by molar-refractivity contribution is 5.99. The first-order chi connectivity index (χ1) is 19.4. The molecule has 0 aliphatic carbocycles. The molecule has 1 N–H and O–H groups in total. The minimum atomic E-state index is -0.335. The summed E-state index contributed by atoms with van der Waals surface area (Å²) in [5.74, 6) is 0.587. The molecule has 0 spiro atoms. The van der Waals surface area contributed by atoms with Gasteiger partial charge in [0, 0.05) is 36.2 Å². The maximum absolute atomic E-state index is 13.5. The molecule has 3 aromatic carbocycles. The van der Waals surface area contributed by atoms with Gasteiger partial charge in [0.2, 0.25) is 11.9 Å². The lowest BCUT2D eigenvalue weighted by atomic mass is 10.1. The van der Waals surface area contributed by atoms with E-state index in [-0.39, 0.29) is 24.5 Å². The van der Waals surface area contributed by atoms with Gasteiger partial charge in [0.1, 0.15) is 12.3 Å². The summed E-state index contributed by atoms with van der Waals surface area (Å²) in [6.07, 6.45) is 3.62. The average molecular weight is 539 g/mol. The predicted octanol–water partition coefficient (Wildman–Crippen LogP) is 5.42. The van der Waals surface area contributed by atoms with Crippen LogP contribution in [-0.2, 0) is 9.53 Å². The number of carbonyl (C=O) groups excluding carboxylic acids is 2. The van der Waals surface area contributed by atoms with Crippen molar-refractivity contribution in [1.29, 1.82) is 0 Å². The molecule has 8 nitrogen and oxygen atoms in total. The van der Waals surface area contributed by atoms with Crippen LogP contribution in [0.2, 0.25) is 0 Å². The Morgan fingerprint density at radius 3 is 2.30 bits per heavy atom. The number of aryl methyl sites for hydroxylation is 2. The third-order valence-corrected chi connectivity index (χ3v) is 7.02. The fourth-order valence-electron chi connectivity index (χ4n) is 4.74. The molecule has 4 aromatic rings. The number of aromatic nitrogens is 2. The Labute approximate surface area is 234 Å². The Hall–Kier alpha value is -4.43. The first-order valence-electron chi connectivity index (χ1n) is 13.5. The lowest BCUT2D eigenvalue weighted by molar-refractivity contribution is -0.117. The summed E-state index contributed by atoms with van der Waals surface area (Å²) in [5, 5.41) is 2.96. The molecule has 0 saturated carbocycles. The molecule has 0 unspecified atom stereocenters. The van der Waals surface area contributed by atoms with Crippen molar-refractivity contribution >= 4 is 17.8 Å². The van der Waals surface area contributed by atoms with E-state index in [9.17, 15) is 9.59 Å². The Morgan fingerprint density at radius 2 is 1.68 bits per heavy atom. The molecule has 2 amide bonds. The molecule has 2 heterocycles. The van der Waals surface area contributed by atoms with Gasteiger partial charge in [-0.05, 0) is 75.2 Å². The Kier molecular flexibility index (Phi) is 8.26. The first-order valence-corrected chi connectivity index (χ1v) is 13.5. The highest BCUT2D eigenvalue weighted by Crippen LogP contribution is 2.26. The normalized spacial score (nSPS) is 14.6. The van der Waals surface area contributed by atoms with E-state index in [2.05, 4.69) is 5.32 Å². The van der Waals surface area contributed by atoms with Gasteiger partial charge >= 0.3 is 0 Å². The fourth-order valence-corrected chi connectivity index (χ4v) is 4.74. The molecule has 1 fully saturated rings. The lowest BCUT2D eigenvalue weighted by Crippen LogP contribution is -2.42. The van der Waals surface area contributed by atoms with Gasteiger partial charge in [0.05, 0.1) is 18.9 Å². The van der Waals surface area contributed by atoms with Crippen LogP contribution in [0.4, 0.5) is 5.95 Å². The smallest absolute Gasteiger partial charge is 0.254 e. The largest absolute Gasteiger partial charge is 0.497 e. The number of hydrogen-bond donors (Lipinski definition) is 1. The van der Waals surface area contributed by atoms with Crippen molar-refractivity contribution in [3.8, 4) is 22.7 Å². The van der Waals surface area contributed by atoms with Gasteiger partial charge in [-0.2, -0.15) is 0 Å². The SMILES string of the molecule is COc1ccc(-c2cn(-c3ccc(C)cc3)c(NC(=O)CN(C[C@@H]3CCCO3)C(=O)c3ccc(C)cc3)n2)cc1. The summed E-state index contributed by atoms with van der Waals surface area (Å²) >= 11 is 0. The minimum absolute atomic E-state index is 0.0848. The molecule has 0 radical (unpaired) electrons. The van der Waals surface area contributed by atoms with Gasteiger partial charge in [0.15, 0.2) is 0 Å². The van der Waals surface area contributed by atoms with Gasteiger partial charge in [-0.1, -0.05) is 35.4 Å². The fraction of sp³-hybridized carbons (Fsp3) is 0.281. The second-order valence-corrected chi connectivity index (χ2v) is 10.1. The van der Waals surface area contributed by atoms with Gasteiger partial charge in [-0.15, -0.1) is 0 Å². The molecule has 206 valence electrons. The zero-order valence-corrected chi connectivity index (χ0v) is 23.1. The number of amides is 2. The summed E-state index contributed by atoms with van der Waals surface area (Å²) in [7, 11) is 1.63. The number of hydrogen-bond acceptors (Lipinski definition) is 5. The average Bonchev–Trinajstić information content (AvgIpc) is 3.63. The molecular formula is C32H34N4O4. The first kappa shape index (κ1) is 27.1. The summed E-state index contributed by atoms with van der Waals surface area (Å²) < 4.78 is 12.9. The summed E-state index contributed by atoms with van der Waals surface area (Å²) in [6, 6.07) is 23.0. The van der Waals surface area contributed by atoms with Crippen LogP contribution >= 0.6 is 0 Å². The highest BCUT2D eigenvalue weighted by atomic mass is 16.5. The van der Waals surface area contributed by atoms with Crippen molar-refractivity contribution in [1.82, 2.24) is 14.5 Å². The number of methoxy groups -OCH3 is 1. The number of imidazole rings is 1. The molecule has 1 aliphatic rings. The number of ether oxygens (including phenoxy) is 2. The number of carbonyl (C=O) groups is 2. The molecule has 1 saturated heterocycles. The molecular weight excluding hydrogens is 504 g/mol. The maximum Gasteiger partial charge on any atom is 0.254 e. The second-order valence-electron chi connectivity index (χ2n) is 10.1. The number of benzene rings is 3. The molecule has 1 atom stereocenters. The monoisotopic (exact) mass is 538 g/mol. The van der Waals surface area contributed by atoms with Crippen LogP contribution < -0.4 is 10.1 Å². The number of nitrogens with zero attached hydrogens (tertiary/aromatic N) is 3. The third-order valence-electron chi connectivity index (χ3n) is 7.02. The number of anilines is 1. The van der Waals surface area contributed by atoms with Crippen molar-refractivity contribution in [3.05, 3.63) is 95.7 Å². The highest BCUT2D eigenvalue weighted by Gasteiger charge is 2.26. The quantitative estimate of drug-likeness (QED) is 0.307. The van der Waals surface area contributed by atoms with Crippen LogP contribution in [0.15, 0.2) is 79.0 Å². The summed E-state index contributed by atoms with van der Waals surface area (Å²) in [6.45, 7) is 4.90. The van der Waals surface area contributed by atoms with Crippen molar-refractivity contribution in [2.75, 3.05) is 32.1 Å². The van der Waals surface area contributed by atoms with Gasteiger partial charge in [-0.25, -0.2) is 4.98 Å². The van der Waals surface area contributed by atoms with Crippen LogP contribution in [0.1, 0.15) is 34.3 Å². The summed E-state index contributed by atoms with van der Waals surface area (Å²) in [4.78, 5) is 33.2. The Balaban J connectivity index is 1.41. The molecule has 40 heavy (non-hydrogen) atoms. The zero-order valence-electron chi connectivity index (χ0n) is 23.1. The van der Waals surface area contributed by atoms with E-state index in [4.69, 9.17) is 14.5 Å². The van der Waals surface area contributed by atoms with Gasteiger partial charge < -0.3 is 14.4 Å². The molecule has 1 aromatic heterocycles. The third kappa shape index (κ3) is 6.40. The van der Waals surface area contributed by atoms with Crippen molar-refractivity contribution < 1.29 is 19.1 Å². The van der Waals surface area contributed by atoms with Crippen molar-refractivity contribution in [2.24, 2.45) is 0 Å². The summed E-state index contributed by atoms with van der Waals surface area (Å²) in [5.41, 5.74) is 5.18. The standard InChI is InChI=1S/C32H34N4O4/c1-22-6-10-25(11-7-22)31(38)35(19-28-5-4-18-40-28)21-30(37)34-32-33-29(24-12-16-27(39-3)17-13-24)20-36(32)26-14-8-23(2)9-15-26/h6-17,20,28H,4-5,18-19,21H2,1-3H3,(H,33,34,37)/t28-/m0/s1. The number of rotatable bonds is 9. The molecule has 0 bridgehead atoms. The van der Waals surface area contributed by atoms with E-state index >= 15 is 0 Å². The van der Waals surface area contributed by atoms with Crippen LogP contribution in [0, 0.1) is 13.8 Å². The lowest BCUT2D eigenvalue weighted by Gasteiger charge is -2.25. The van der Waals surface area contributed by atoms with Gasteiger partial charge in [-0.3, -0.25) is 19.5 Å². The Bertz CT molecular complexity index is 1450. The van der Waals surface area contributed by atoms with E-state index in [1.807, 2.05) is 85.3 Å². The van der Waals surface area contributed by atoms with E-state index in [0.29, 0.717) is 30.4 Å². The predicted molar refractivity (Wildman–Crippen MR) is 155 cm³/mol. The van der Waals surface area contributed by atoms with Crippen LogP contribution in [-0.4, -0.2) is 59.2 Å². The molecule has 1 aliphatic heterocycles. The minimum Gasteiger partial charge on any atom is -0.497 e. The van der Waals surface area contributed by atoms with Crippen molar-refractivity contribution in [2.45, 2.75) is 32.8 Å². The van der Waals surface area contributed by atoms with E-state index in [1.165, 1.54) is 0 Å². The van der Waals surface area contributed by atoms with Crippen LogP contribution in [0.25, 0.3) is 16.9 Å². The van der Waals surface area contributed by atoms with Crippen LogP contribution in [0.5, 0.6) is 5.75 Å². The second kappa shape index (κ2) is 12.2. The van der Waals surface area contributed by atoms with E-state index < -0.39 is 0 Å². The molecule has 8 heteroatoms. The van der Waals surface area contributed by atoms with Crippen LogP contribution in [0.3, 0.4) is 0 Å². The van der Waals surface area contributed by atoms with Crippen molar-refractivity contribution in [3.63, 3.8) is 0 Å². The topological polar surface area (TPSA) is 85.7 Å². The maximum atomic E-state index is 13.5. The molecule has 5 rings (SSSR count). The zero-order chi connectivity index (χ0) is 28.1. The number of nitrogens with one attached hydrogen (secondary N) is 1. The van der Waals surface area contributed by atoms with E-state index in [0.717, 1.165) is 41.0 Å². The Morgan fingerprint density at radius 1 is 1.00 bits per heavy atom. The van der Waals surface area contributed by atoms with E-state index in [1.54, 1.807) is 24.1 Å².